The standard InChI is InChI=1S/C18H18F3N3O2/c1-17(8-9-17)16(25)24(13-6-7-13)10-11-2-4-12(5-3-11)14-22-15(26-23-14)18(19,20)21/h2-5,13H,6-10H2,1H3. The Labute approximate surface area is 148 Å². The highest BCUT2D eigenvalue weighted by Crippen LogP contribution is 2.48. The lowest BCUT2D eigenvalue weighted by Gasteiger charge is -2.26. The van der Waals surface area contributed by atoms with Gasteiger partial charge in [-0.2, -0.15) is 18.2 Å². The molecule has 2 aliphatic rings. The van der Waals surface area contributed by atoms with E-state index >= 15 is 0 Å². The van der Waals surface area contributed by atoms with E-state index in [2.05, 4.69) is 14.7 Å². The molecule has 2 aromatic rings. The van der Waals surface area contributed by atoms with Gasteiger partial charge in [0.1, 0.15) is 0 Å². The molecule has 1 heterocycles. The van der Waals surface area contributed by atoms with E-state index in [0.717, 1.165) is 31.2 Å². The summed E-state index contributed by atoms with van der Waals surface area (Å²) in [5, 5.41) is 3.38. The van der Waals surface area contributed by atoms with Crippen molar-refractivity contribution >= 4 is 5.91 Å². The van der Waals surface area contributed by atoms with E-state index in [-0.39, 0.29) is 17.1 Å². The Morgan fingerprint density at radius 3 is 2.42 bits per heavy atom. The number of carbonyl (C=O) groups excluding carboxylic acids is 1. The number of hydrogen-bond donors (Lipinski definition) is 0. The van der Waals surface area contributed by atoms with Gasteiger partial charge in [-0.3, -0.25) is 4.79 Å². The number of amides is 1. The van der Waals surface area contributed by atoms with E-state index in [1.165, 1.54) is 0 Å². The Bertz CT molecular complexity index is 821. The van der Waals surface area contributed by atoms with Gasteiger partial charge in [-0.1, -0.05) is 36.3 Å². The molecule has 0 N–H and O–H groups in total. The molecule has 0 spiro atoms. The average Bonchev–Trinajstić information content (AvgIpc) is 3.51. The Hall–Kier alpha value is -2.38. The van der Waals surface area contributed by atoms with E-state index < -0.39 is 12.1 Å². The van der Waals surface area contributed by atoms with Crippen LogP contribution in [0.5, 0.6) is 0 Å². The summed E-state index contributed by atoms with van der Waals surface area (Å²) in [6.07, 6.45) is -0.720. The highest BCUT2D eigenvalue weighted by atomic mass is 19.4. The van der Waals surface area contributed by atoms with Crippen LogP contribution in [0.4, 0.5) is 13.2 Å². The van der Waals surface area contributed by atoms with Crippen LogP contribution in [0, 0.1) is 5.41 Å². The summed E-state index contributed by atoms with van der Waals surface area (Å²) in [6.45, 7) is 2.52. The minimum Gasteiger partial charge on any atom is -0.335 e. The van der Waals surface area contributed by atoms with Gasteiger partial charge in [0.25, 0.3) is 0 Å². The molecule has 5 nitrogen and oxygen atoms in total. The minimum absolute atomic E-state index is 0.107. The zero-order chi connectivity index (χ0) is 18.5. The number of benzene rings is 1. The first kappa shape index (κ1) is 17.1. The third kappa shape index (κ3) is 3.32. The smallest absolute Gasteiger partial charge is 0.335 e. The summed E-state index contributed by atoms with van der Waals surface area (Å²) in [6, 6.07) is 7.18. The number of aromatic nitrogens is 2. The first-order valence-electron chi connectivity index (χ1n) is 8.58. The van der Waals surface area contributed by atoms with Crippen LogP contribution in [0.15, 0.2) is 28.8 Å². The molecule has 1 aromatic carbocycles. The predicted molar refractivity (Wildman–Crippen MR) is 85.6 cm³/mol. The van der Waals surface area contributed by atoms with Crippen LogP contribution >= 0.6 is 0 Å². The predicted octanol–water partition coefficient (Wildman–Crippen LogP) is 4.05. The molecule has 138 valence electrons. The van der Waals surface area contributed by atoms with Crippen molar-refractivity contribution in [3.05, 3.63) is 35.7 Å². The minimum atomic E-state index is -4.66. The van der Waals surface area contributed by atoms with Crippen molar-refractivity contribution in [1.82, 2.24) is 15.0 Å². The summed E-state index contributed by atoms with van der Waals surface area (Å²) >= 11 is 0. The third-order valence-corrected chi connectivity index (χ3v) is 5.00. The van der Waals surface area contributed by atoms with Gasteiger partial charge in [0, 0.05) is 23.6 Å². The number of alkyl halides is 3. The van der Waals surface area contributed by atoms with Gasteiger partial charge in [-0.05, 0) is 31.2 Å². The fourth-order valence-corrected chi connectivity index (χ4v) is 2.91. The summed E-state index contributed by atoms with van der Waals surface area (Å²) in [5.74, 6) is -1.26. The fraction of sp³-hybridized carbons (Fsp3) is 0.500. The van der Waals surface area contributed by atoms with E-state index in [0.29, 0.717) is 18.2 Å². The van der Waals surface area contributed by atoms with Crippen LogP contribution in [0.1, 0.15) is 44.1 Å². The second-order valence-corrected chi connectivity index (χ2v) is 7.34. The van der Waals surface area contributed by atoms with Crippen LogP contribution in [0.25, 0.3) is 11.4 Å². The number of hydrogen-bond acceptors (Lipinski definition) is 4. The van der Waals surface area contributed by atoms with Crippen LogP contribution in [0.2, 0.25) is 0 Å². The molecular formula is C18H18F3N3O2. The largest absolute Gasteiger partial charge is 0.471 e. The third-order valence-electron chi connectivity index (χ3n) is 5.00. The van der Waals surface area contributed by atoms with Gasteiger partial charge < -0.3 is 9.42 Å². The summed E-state index contributed by atoms with van der Waals surface area (Å²) in [4.78, 5) is 18.0. The molecule has 0 atom stereocenters. The SMILES string of the molecule is CC1(C(=O)N(Cc2ccc(-c3noc(C(F)(F)F)n3)cc2)C2CC2)CC1. The molecule has 0 saturated heterocycles. The molecule has 2 fully saturated rings. The molecule has 8 heteroatoms. The van der Waals surface area contributed by atoms with Crippen molar-refractivity contribution in [2.24, 2.45) is 5.41 Å². The molecule has 4 rings (SSSR count). The number of rotatable bonds is 5. The van der Waals surface area contributed by atoms with E-state index in [1.807, 2.05) is 11.8 Å². The lowest BCUT2D eigenvalue weighted by atomic mass is 10.1. The lowest BCUT2D eigenvalue weighted by Crippen LogP contribution is -2.37. The second-order valence-electron chi connectivity index (χ2n) is 7.34. The molecule has 1 aromatic heterocycles. The van der Waals surface area contributed by atoms with Crippen molar-refractivity contribution < 1.29 is 22.5 Å². The zero-order valence-corrected chi connectivity index (χ0v) is 14.2. The Kier molecular flexibility index (Phi) is 3.82. The van der Waals surface area contributed by atoms with Crippen molar-refractivity contribution in [3.8, 4) is 11.4 Å². The number of carbonyl (C=O) groups is 1. The highest BCUT2D eigenvalue weighted by Gasteiger charge is 2.49. The first-order chi connectivity index (χ1) is 12.3. The van der Waals surface area contributed by atoms with Gasteiger partial charge in [0.05, 0.1) is 0 Å². The molecule has 26 heavy (non-hydrogen) atoms. The molecule has 0 aliphatic heterocycles. The lowest BCUT2D eigenvalue weighted by molar-refractivity contribution is -0.159. The van der Waals surface area contributed by atoms with Gasteiger partial charge >= 0.3 is 12.1 Å². The first-order valence-corrected chi connectivity index (χ1v) is 8.58. The molecule has 0 radical (unpaired) electrons. The average molecular weight is 365 g/mol. The molecule has 2 aliphatic carbocycles. The highest BCUT2D eigenvalue weighted by molar-refractivity contribution is 5.85. The topological polar surface area (TPSA) is 59.2 Å². The molecular weight excluding hydrogens is 347 g/mol. The van der Waals surface area contributed by atoms with Crippen LogP contribution in [0.3, 0.4) is 0 Å². The Morgan fingerprint density at radius 1 is 1.27 bits per heavy atom. The Morgan fingerprint density at radius 2 is 1.92 bits per heavy atom. The molecule has 2 saturated carbocycles. The fourth-order valence-electron chi connectivity index (χ4n) is 2.91. The van der Waals surface area contributed by atoms with E-state index in [1.54, 1.807) is 24.3 Å². The quantitative estimate of drug-likeness (QED) is 0.802. The van der Waals surface area contributed by atoms with Crippen molar-refractivity contribution in [3.63, 3.8) is 0 Å². The number of halogens is 3. The summed E-state index contributed by atoms with van der Waals surface area (Å²) in [7, 11) is 0. The maximum absolute atomic E-state index is 12.7. The van der Waals surface area contributed by atoms with Crippen molar-refractivity contribution in [1.29, 1.82) is 0 Å². The van der Waals surface area contributed by atoms with Crippen LogP contribution < -0.4 is 0 Å². The number of nitrogens with zero attached hydrogens (tertiary/aromatic N) is 3. The van der Waals surface area contributed by atoms with Gasteiger partial charge in [-0.15, -0.1) is 0 Å². The maximum Gasteiger partial charge on any atom is 0.471 e. The van der Waals surface area contributed by atoms with Crippen molar-refractivity contribution in [2.45, 2.75) is 51.4 Å². The van der Waals surface area contributed by atoms with E-state index in [9.17, 15) is 18.0 Å². The van der Waals surface area contributed by atoms with E-state index in [4.69, 9.17) is 0 Å². The maximum atomic E-state index is 12.7. The molecule has 0 bridgehead atoms. The normalized spacial score (nSPS) is 18.6. The second kappa shape index (κ2) is 5.82. The van der Waals surface area contributed by atoms with Gasteiger partial charge in [-0.25, -0.2) is 0 Å². The zero-order valence-electron chi connectivity index (χ0n) is 14.2. The van der Waals surface area contributed by atoms with Gasteiger partial charge in [0.15, 0.2) is 0 Å². The monoisotopic (exact) mass is 365 g/mol. The summed E-state index contributed by atoms with van der Waals surface area (Å²) in [5.41, 5.74) is 1.16. The van der Waals surface area contributed by atoms with Gasteiger partial charge in [0.2, 0.25) is 11.7 Å². The Balaban J connectivity index is 1.49. The molecule has 1 amide bonds. The van der Waals surface area contributed by atoms with Crippen molar-refractivity contribution in [2.75, 3.05) is 0 Å². The van der Waals surface area contributed by atoms with Crippen LogP contribution in [-0.2, 0) is 17.5 Å². The summed E-state index contributed by atoms with van der Waals surface area (Å²) < 4.78 is 41.9. The molecule has 0 unspecified atom stereocenters. The van der Waals surface area contributed by atoms with Crippen LogP contribution in [-0.4, -0.2) is 27.0 Å².